The summed E-state index contributed by atoms with van der Waals surface area (Å²) in [7, 11) is -2.36. The number of aromatic nitrogens is 1. The maximum absolute atomic E-state index is 12.7. The Morgan fingerprint density at radius 2 is 2.32 bits per heavy atom. The summed E-state index contributed by atoms with van der Waals surface area (Å²) in [5, 5.41) is 2.48. The number of nitrogens with one attached hydrogen (secondary N) is 1. The Morgan fingerprint density at radius 1 is 1.56 bits per heavy atom. The fourth-order valence-corrected chi connectivity index (χ4v) is 4.10. The smallest absolute Gasteiger partial charge is 0.245 e. The first-order chi connectivity index (χ1) is 11.9. The molecule has 1 aromatic heterocycles. The number of nitrogens with zero attached hydrogens (tertiary/aromatic N) is 2. The van der Waals surface area contributed by atoms with Gasteiger partial charge in [-0.05, 0) is 18.9 Å². The molecule has 1 aliphatic heterocycles. The third-order valence-electron chi connectivity index (χ3n) is 3.89. The second-order valence-corrected chi connectivity index (χ2v) is 7.37. The molecule has 138 valence electrons. The first-order valence-corrected chi connectivity index (χ1v) is 9.18. The van der Waals surface area contributed by atoms with Crippen LogP contribution in [0.2, 0.25) is 0 Å². The van der Waals surface area contributed by atoms with Crippen LogP contribution in [0.25, 0.3) is 0 Å². The average molecular weight is 372 g/mol. The molecular weight excluding hydrogens is 351 g/mol. The highest BCUT2D eigenvalue weighted by molar-refractivity contribution is 7.89. The Hall–Kier alpha value is -2.04. The Labute approximate surface area is 145 Å². The maximum Gasteiger partial charge on any atom is 0.245 e. The maximum atomic E-state index is 12.7. The fourth-order valence-electron chi connectivity index (χ4n) is 2.50. The molecule has 1 amide bonds. The monoisotopic (exact) mass is 372 g/mol. The van der Waals surface area contributed by atoms with Crippen molar-refractivity contribution in [2.75, 3.05) is 26.7 Å². The zero-order valence-corrected chi connectivity index (χ0v) is 14.6. The second-order valence-electron chi connectivity index (χ2n) is 5.48. The van der Waals surface area contributed by atoms with Crippen molar-refractivity contribution in [3.8, 4) is 5.88 Å². The van der Waals surface area contributed by atoms with E-state index in [0.29, 0.717) is 19.2 Å². The summed E-state index contributed by atoms with van der Waals surface area (Å²) < 4.78 is 44.3. The number of nitrogens with two attached hydrogens (primary N) is 1. The normalized spacial score (nSPS) is 19.0. The molecule has 3 N–H and O–H groups in total. The lowest BCUT2D eigenvalue weighted by Crippen LogP contribution is -2.44. The lowest BCUT2D eigenvalue weighted by atomic mass is 10.2. The molecule has 10 heteroatoms. The van der Waals surface area contributed by atoms with Crippen LogP contribution in [0.4, 0.5) is 4.39 Å². The number of amides is 1. The Bertz CT molecular complexity index is 736. The molecule has 2 rings (SSSR count). The van der Waals surface area contributed by atoms with Crippen molar-refractivity contribution in [2.45, 2.75) is 23.8 Å². The molecule has 1 aliphatic rings. The van der Waals surface area contributed by atoms with Gasteiger partial charge in [0.05, 0.1) is 12.5 Å². The van der Waals surface area contributed by atoms with Gasteiger partial charge in [0.25, 0.3) is 0 Å². The Morgan fingerprint density at radius 3 is 2.88 bits per heavy atom. The van der Waals surface area contributed by atoms with Crippen LogP contribution in [0.5, 0.6) is 5.88 Å². The van der Waals surface area contributed by atoms with E-state index in [1.54, 1.807) is 0 Å². The summed E-state index contributed by atoms with van der Waals surface area (Å²) in [4.78, 5) is 15.8. The summed E-state index contributed by atoms with van der Waals surface area (Å²) in [6.45, 7) is 0.218. The highest BCUT2D eigenvalue weighted by atomic mass is 32.2. The van der Waals surface area contributed by atoms with Crippen molar-refractivity contribution in [3.05, 3.63) is 30.2 Å². The van der Waals surface area contributed by atoms with Crippen LogP contribution in [-0.4, -0.2) is 56.4 Å². The average Bonchev–Trinajstić information content (AvgIpc) is 3.13. The zero-order chi connectivity index (χ0) is 18.4. The third kappa shape index (κ3) is 4.33. The largest absolute Gasteiger partial charge is 0.473 e. The number of hydrogen-bond acceptors (Lipinski definition) is 6. The molecule has 0 saturated carbocycles. The molecule has 2 heterocycles. The molecule has 0 radical (unpaired) electrons. The van der Waals surface area contributed by atoms with Crippen LogP contribution in [-0.2, 0) is 14.8 Å². The number of sulfonamides is 1. The van der Waals surface area contributed by atoms with Crippen LogP contribution >= 0.6 is 0 Å². The molecule has 1 saturated heterocycles. The summed E-state index contributed by atoms with van der Waals surface area (Å²) in [5.41, 5.74) is 5.57. The van der Waals surface area contributed by atoms with Crippen molar-refractivity contribution < 1.29 is 22.3 Å². The van der Waals surface area contributed by atoms with E-state index in [1.165, 1.54) is 23.5 Å². The SMILES string of the molecule is CNC(=O)[C@@H]1CCCN1S(=O)(=O)c1ccc(OC/C(=C\F)CN)nc1. The van der Waals surface area contributed by atoms with Crippen molar-refractivity contribution in [1.29, 1.82) is 0 Å². The number of pyridine rings is 1. The van der Waals surface area contributed by atoms with Gasteiger partial charge in [-0.25, -0.2) is 17.8 Å². The molecule has 1 fully saturated rings. The third-order valence-corrected chi connectivity index (χ3v) is 5.78. The predicted molar refractivity (Wildman–Crippen MR) is 89.0 cm³/mol. The van der Waals surface area contributed by atoms with E-state index in [4.69, 9.17) is 10.5 Å². The molecule has 0 spiro atoms. The molecule has 0 aromatic carbocycles. The first kappa shape index (κ1) is 19.3. The lowest BCUT2D eigenvalue weighted by Gasteiger charge is -2.22. The van der Waals surface area contributed by atoms with Gasteiger partial charge in [0.15, 0.2) is 0 Å². The summed E-state index contributed by atoms with van der Waals surface area (Å²) in [5.74, 6) is -0.183. The second kappa shape index (κ2) is 8.37. The summed E-state index contributed by atoms with van der Waals surface area (Å²) >= 11 is 0. The van der Waals surface area contributed by atoms with Crippen molar-refractivity contribution in [1.82, 2.24) is 14.6 Å². The molecule has 0 aliphatic carbocycles. The van der Waals surface area contributed by atoms with E-state index in [9.17, 15) is 17.6 Å². The number of rotatable bonds is 7. The molecule has 0 bridgehead atoms. The predicted octanol–water partition coefficient (Wildman–Crippen LogP) is 0.172. The number of likely N-dealkylation sites (N-methyl/N-ethyl adjacent to an activating group) is 1. The number of halogens is 1. The fraction of sp³-hybridized carbons (Fsp3) is 0.467. The van der Waals surface area contributed by atoms with Gasteiger partial charge >= 0.3 is 0 Å². The van der Waals surface area contributed by atoms with Gasteiger partial charge in [0.1, 0.15) is 17.5 Å². The standard InChI is InChI=1S/C15H21FN4O4S/c1-18-15(21)13-3-2-6-20(13)25(22,23)12-4-5-14(19-9-12)24-10-11(7-16)8-17/h4-5,7,9,13H,2-3,6,8,10,17H2,1H3,(H,18,21)/b11-7-/t13-/m0/s1. The van der Waals surface area contributed by atoms with E-state index < -0.39 is 16.1 Å². The molecule has 1 aromatic rings. The van der Waals surface area contributed by atoms with E-state index in [0.717, 1.165) is 6.20 Å². The number of hydrogen-bond donors (Lipinski definition) is 2. The van der Waals surface area contributed by atoms with Crippen molar-refractivity contribution in [2.24, 2.45) is 5.73 Å². The minimum atomic E-state index is -3.84. The van der Waals surface area contributed by atoms with Gasteiger partial charge in [0.2, 0.25) is 21.8 Å². The summed E-state index contributed by atoms with van der Waals surface area (Å²) in [6.07, 6.45) is 2.62. The van der Waals surface area contributed by atoms with Crippen LogP contribution in [0, 0.1) is 0 Å². The van der Waals surface area contributed by atoms with Gasteiger partial charge in [-0.15, -0.1) is 0 Å². The molecular formula is C15H21FN4O4S. The molecule has 0 unspecified atom stereocenters. The topological polar surface area (TPSA) is 115 Å². The van der Waals surface area contributed by atoms with Crippen LogP contribution in [0.15, 0.2) is 35.1 Å². The van der Waals surface area contributed by atoms with Crippen molar-refractivity contribution >= 4 is 15.9 Å². The summed E-state index contributed by atoms with van der Waals surface area (Å²) in [6, 6.07) is 2.01. The van der Waals surface area contributed by atoms with Crippen LogP contribution in [0.1, 0.15) is 12.8 Å². The lowest BCUT2D eigenvalue weighted by molar-refractivity contribution is -0.123. The van der Waals surface area contributed by atoms with E-state index in [-0.39, 0.29) is 42.0 Å². The van der Waals surface area contributed by atoms with Gasteiger partial charge in [-0.2, -0.15) is 4.31 Å². The highest BCUT2D eigenvalue weighted by Crippen LogP contribution is 2.26. The van der Waals surface area contributed by atoms with E-state index in [2.05, 4.69) is 10.3 Å². The van der Waals surface area contributed by atoms with Crippen LogP contribution in [0.3, 0.4) is 0 Å². The molecule has 8 nitrogen and oxygen atoms in total. The first-order valence-electron chi connectivity index (χ1n) is 7.74. The Balaban J connectivity index is 2.13. The van der Waals surface area contributed by atoms with Gasteiger partial charge in [0, 0.05) is 31.8 Å². The Kier molecular flexibility index (Phi) is 6.45. The quantitative estimate of drug-likeness (QED) is 0.705. The van der Waals surface area contributed by atoms with E-state index in [1.807, 2.05) is 0 Å². The van der Waals surface area contributed by atoms with Gasteiger partial charge in [-0.1, -0.05) is 0 Å². The van der Waals surface area contributed by atoms with Gasteiger partial charge in [-0.3, -0.25) is 4.79 Å². The van der Waals surface area contributed by atoms with E-state index >= 15 is 0 Å². The zero-order valence-electron chi connectivity index (χ0n) is 13.8. The molecule has 1 atom stereocenters. The minimum Gasteiger partial charge on any atom is -0.473 e. The van der Waals surface area contributed by atoms with Gasteiger partial charge < -0.3 is 15.8 Å². The molecule has 25 heavy (non-hydrogen) atoms. The number of carbonyl (C=O) groups is 1. The van der Waals surface area contributed by atoms with Crippen molar-refractivity contribution in [3.63, 3.8) is 0 Å². The van der Waals surface area contributed by atoms with Crippen LogP contribution < -0.4 is 15.8 Å². The number of carbonyl (C=O) groups excluding carboxylic acids is 1. The highest BCUT2D eigenvalue weighted by Gasteiger charge is 2.39. The minimum absolute atomic E-state index is 0.0127. The number of ether oxygens (including phenoxy) is 1.